The van der Waals surface area contributed by atoms with Crippen LogP contribution < -0.4 is 10.1 Å². The van der Waals surface area contributed by atoms with Crippen molar-refractivity contribution in [3.05, 3.63) is 65.2 Å². The molecule has 5 nitrogen and oxygen atoms in total. The number of amides is 2. The van der Waals surface area contributed by atoms with E-state index in [2.05, 4.69) is 24.4 Å². The van der Waals surface area contributed by atoms with Crippen LogP contribution in [0.15, 0.2) is 48.5 Å². The van der Waals surface area contributed by atoms with Gasteiger partial charge in [0.2, 0.25) is 11.8 Å². The third-order valence-corrected chi connectivity index (χ3v) is 5.91. The molecule has 2 rings (SSSR count). The second-order valence-electron chi connectivity index (χ2n) is 7.26. The van der Waals surface area contributed by atoms with Crippen molar-refractivity contribution in [2.75, 3.05) is 19.4 Å². The van der Waals surface area contributed by atoms with Crippen molar-refractivity contribution >= 4 is 23.6 Å². The van der Waals surface area contributed by atoms with Gasteiger partial charge in [0.1, 0.15) is 11.8 Å². The van der Waals surface area contributed by atoms with Gasteiger partial charge in [0.15, 0.2) is 0 Å². The Morgan fingerprint density at radius 3 is 2.63 bits per heavy atom. The van der Waals surface area contributed by atoms with Gasteiger partial charge in [-0.15, -0.1) is 11.8 Å². The van der Waals surface area contributed by atoms with Crippen molar-refractivity contribution < 1.29 is 14.3 Å². The normalized spacial score (nSPS) is 11.6. The third kappa shape index (κ3) is 7.10. The Bertz CT molecular complexity index is 841. The van der Waals surface area contributed by atoms with Crippen LogP contribution in [0.5, 0.6) is 5.75 Å². The number of methoxy groups -OCH3 is 1. The highest BCUT2D eigenvalue weighted by Crippen LogP contribution is 2.19. The Kier molecular flexibility index (Phi) is 9.74. The number of hydrogen-bond donors (Lipinski definition) is 1. The van der Waals surface area contributed by atoms with Gasteiger partial charge in [-0.3, -0.25) is 9.59 Å². The fraction of sp³-hybridized carbons (Fsp3) is 0.417. The second-order valence-corrected chi connectivity index (χ2v) is 8.25. The molecule has 0 saturated carbocycles. The first-order valence-electron chi connectivity index (χ1n) is 10.3. The van der Waals surface area contributed by atoms with Crippen molar-refractivity contribution in [1.82, 2.24) is 10.2 Å². The minimum atomic E-state index is -0.547. The minimum absolute atomic E-state index is 0.0458. The van der Waals surface area contributed by atoms with Crippen LogP contribution >= 0.6 is 11.8 Å². The van der Waals surface area contributed by atoms with E-state index < -0.39 is 6.04 Å². The van der Waals surface area contributed by atoms with E-state index in [1.165, 1.54) is 11.1 Å². The van der Waals surface area contributed by atoms with Crippen LogP contribution in [0.25, 0.3) is 0 Å². The highest BCUT2D eigenvalue weighted by Gasteiger charge is 2.26. The highest BCUT2D eigenvalue weighted by atomic mass is 32.2. The van der Waals surface area contributed by atoms with Crippen LogP contribution in [0.3, 0.4) is 0 Å². The van der Waals surface area contributed by atoms with E-state index in [1.54, 1.807) is 30.7 Å². The summed E-state index contributed by atoms with van der Waals surface area (Å²) in [7, 11) is 1.62. The zero-order chi connectivity index (χ0) is 21.9. The standard InChI is InChI=1S/C24H32N2O3S/c1-5-13-25-24(28)19(3)26(15-20-10-8-12-22(14-20)29-4)23(27)17-30-16-21-11-7-6-9-18(21)2/h6-12,14,19H,5,13,15-17H2,1-4H3,(H,25,28). The summed E-state index contributed by atoms with van der Waals surface area (Å²) in [6.45, 7) is 6.84. The molecule has 0 fully saturated rings. The molecule has 0 bridgehead atoms. The van der Waals surface area contributed by atoms with E-state index in [9.17, 15) is 9.59 Å². The Morgan fingerprint density at radius 1 is 1.17 bits per heavy atom. The van der Waals surface area contributed by atoms with Gasteiger partial charge in [-0.05, 0) is 49.1 Å². The van der Waals surface area contributed by atoms with E-state index in [-0.39, 0.29) is 11.8 Å². The summed E-state index contributed by atoms with van der Waals surface area (Å²) >= 11 is 1.57. The predicted molar refractivity (Wildman–Crippen MR) is 124 cm³/mol. The molecule has 0 aromatic heterocycles. The van der Waals surface area contributed by atoms with Crippen molar-refractivity contribution in [2.45, 2.75) is 45.5 Å². The molecule has 0 aliphatic heterocycles. The van der Waals surface area contributed by atoms with Crippen LogP contribution in [0.1, 0.15) is 37.0 Å². The molecule has 30 heavy (non-hydrogen) atoms. The molecular formula is C24H32N2O3S. The van der Waals surface area contributed by atoms with Gasteiger partial charge in [-0.1, -0.05) is 43.3 Å². The van der Waals surface area contributed by atoms with Crippen molar-refractivity contribution in [3.8, 4) is 5.75 Å². The maximum atomic E-state index is 13.1. The average molecular weight is 429 g/mol. The number of carbonyl (C=O) groups excluding carboxylic acids is 2. The Morgan fingerprint density at radius 2 is 1.93 bits per heavy atom. The largest absolute Gasteiger partial charge is 0.497 e. The summed E-state index contributed by atoms with van der Waals surface area (Å²) in [6.07, 6.45) is 0.856. The van der Waals surface area contributed by atoms with E-state index in [0.717, 1.165) is 23.5 Å². The fourth-order valence-electron chi connectivity index (χ4n) is 3.05. The first-order chi connectivity index (χ1) is 14.5. The number of benzene rings is 2. The van der Waals surface area contributed by atoms with Crippen LogP contribution in [0, 0.1) is 6.92 Å². The SMILES string of the molecule is CCCNC(=O)C(C)N(Cc1cccc(OC)c1)C(=O)CSCc1ccccc1C. The number of thioether (sulfide) groups is 1. The number of carbonyl (C=O) groups is 2. The molecule has 0 spiro atoms. The molecule has 6 heteroatoms. The van der Waals surface area contributed by atoms with Gasteiger partial charge in [0.05, 0.1) is 12.9 Å². The Hall–Kier alpha value is -2.47. The van der Waals surface area contributed by atoms with Crippen molar-refractivity contribution in [2.24, 2.45) is 0 Å². The molecule has 1 N–H and O–H groups in total. The van der Waals surface area contributed by atoms with Crippen LogP contribution in [0.2, 0.25) is 0 Å². The molecule has 0 aliphatic rings. The van der Waals surface area contributed by atoms with Gasteiger partial charge in [-0.2, -0.15) is 0 Å². The van der Waals surface area contributed by atoms with Crippen LogP contribution in [0.4, 0.5) is 0 Å². The van der Waals surface area contributed by atoms with Crippen LogP contribution in [-0.4, -0.2) is 42.2 Å². The van der Waals surface area contributed by atoms with Gasteiger partial charge < -0.3 is 15.0 Å². The van der Waals surface area contributed by atoms with Gasteiger partial charge >= 0.3 is 0 Å². The summed E-state index contributed by atoms with van der Waals surface area (Å²) in [5, 5.41) is 2.90. The number of ether oxygens (including phenoxy) is 1. The van der Waals surface area contributed by atoms with Crippen molar-refractivity contribution in [3.63, 3.8) is 0 Å². The zero-order valence-electron chi connectivity index (χ0n) is 18.3. The van der Waals surface area contributed by atoms with E-state index >= 15 is 0 Å². The summed E-state index contributed by atoms with van der Waals surface area (Å²) in [4.78, 5) is 27.3. The van der Waals surface area contributed by atoms with Gasteiger partial charge in [0.25, 0.3) is 0 Å². The summed E-state index contributed by atoms with van der Waals surface area (Å²) in [5.74, 6) is 1.65. The average Bonchev–Trinajstić information content (AvgIpc) is 2.76. The molecule has 162 valence electrons. The van der Waals surface area contributed by atoms with Gasteiger partial charge in [-0.25, -0.2) is 0 Å². The molecule has 2 aromatic carbocycles. The lowest BCUT2D eigenvalue weighted by Crippen LogP contribution is -2.48. The lowest BCUT2D eigenvalue weighted by Gasteiger charge is -2.29. The lowest BCUT2D eigenvalue weighted by atomic mass is 10.1. The van der Waals surface area contributed by atoms with E-state index in [4.69, 9.17) is 4.74 Å². The molecule has 1 unspecified atom stereocenters. The van der Waals surface area contributed by atoms with Gasteiger partial charge in [0, 0.05) is 18.8 Å². The monoisotopic (exact) mass is 428 g/mol. The molecular weight excluding hydrogens is 396 g/mol. The lowest BCUT2D eigenvalue weighted by molar-refractivity contribution is -0.138. The molecule has 2 amide bonds. The Labute approximate surface area is 184 Å². The highest BCUT2D eigenvalue weighted by molar-refractivity contribution is 7.99. The number of hydrogen-bond acceptors (Lipinski definition) is 4. The first-order valence-corrected chi connectivity index (χ1v) is 11.4. The molecule has 2 aromatic rings. The molecule has 0 heterocycles. The molecule has 1 atom stereocenters. The van der Waals surface area contributed by atoms with Crippen LogP contribution in [-0.2, 0) is 21.9 Å². The first kappa shape index (κ1) is 23.8. The number of nitrogens with zero attached hydrogens (tertiary/aromatic N) is 1. The van der Waals surface area contributed by atoms with Crippen molar-refractivity contribution in [1.29, 1.82) is 0 Å². The predicted octanol–water partition coefficient (Wildman–Crippen LogP) is 4.18. The maximum absolute atomic E-state index is 13.1. The molecule has 0 radical (unpaired) electrons. The second kappa shape index (κ2) is 12.3. The maximum Gasteiger partial charge on any atom is 0.242 e. The summed E-state index contributed by atoms with van der Waals surface area (Å²) in [5.41, 5.74) is 3.38. The summed E-state index contributed by atoms with van der Waals surface area (Å²) < 4.78 is 5.30. The Balaban J connectivity index is 2.09. The number of rotatable bonds is 11. The topological polar surface area (TPSA) is 58.6 Å². The zero-order valence-corrected chi connectivity index (χ0v) is 19.1. The van der Waals surface area contributed by atoms with E-state index in [0.29, 0.717) is 18.8 Å². The third-order valence-electron chi connectivity index (χ3n) is 4.95. The van der Waals surface area contributed by atoms with E-state index in [1.807, 2.05) is 43.3 Å². The molecule has 0 aliphatic carbocycles. The minimum Gasteiger partial charge on any atom is -0.497 e. The summed E-state index contributed by atoms with van der Waals surface area (Å²) in [6, 6.07) is 15.2. The smallest absolute Gasteiger partial charge is 0.242 e. The number of nitrogens with one attached hydrogen (secondary N) is 1. The fourth-order valence-corrected chi connectivity index (χ4v) is 4.04. The molecule has 0 saturated heterocycles. The quantitative estimate of drug-likeness (QED) is 0.583. The number of aryl methyl sites for hydroxylation is 1.